The molecule has 1 N–H and O–H groups in total. The summed E-state index contributed by atoms with van der Waals surface area (Å²) in [4.78, 5) is 0. The van der Waals surface area contributed by atoms with Crippen molar-refractivity contribution in [1.82, 2.24) is 5.32 Å². The fourth-order valence-electron chi connectivity index (χ4n) is 1.82. The fourth-order valence-corrected chi connectivity index (χ4v) is 1.82. The van der Waals surface area contributed by atoms with Crippen molar-refractivity contribution < 1.29 is 0 Å². The van der Waals surface area contributed by atoms with Crippen LogP contribution in [-0.4, -0.2) is 13.1 Å². The zero-order valence-electron chi connectivity index (χ0n) is 7.73. The van der Waals surface area contributed by atoms with E-state index in [0.717, 1.165) is 5.92 Å². The third-order valence-electron chi connectivity index (χ3n) is 2.63. The molecule has 11 heavy (non-hydrogen) atoms. The van der Waals surface area contributed by atoms with Gasteiger partial charge in [-0.2, -0.15) is 0 Å². The van der Waals surface area contributed by atoms with E-state index in [-0.39, 0.29) is 0 Å². The van der Waals surface area contributed by atoms with Gasteiger partial charge in [0.15, 0.2) is 0 Å². The van der Waals surface area contributed by atoms with Gasteiger partial charge in [-0.3, -0.25) is 0 Å². The van der Waals surface area contributed by atoms with Gasteiger partial charge in [0.25, 0.3) is 0 Å². The Morgan fingerprint density at radius 1 is 1.27 bits per heavy atom. The molecule has 66 valence electrons. The van der Waals surface area contributed by atoms with Crippen molar-refractivity contribution in [2.75, 3.05) is 13.1 Å². The lowest BCUT2D eigenvalue weighted by Crippen LogP contribution is -2.08. The van der Waals surface area contributed by atoms with Crippen LogP contribution in [-0.2, 0) is 0 Å². The van der Waals surface area contributed by atoms with E-state index in [4.69, 9.17) is 0 Å². The van der Waals surface area contributed by atoms with Crippen LogP contribution in [0, 0.1) is 5.92 Å². The Morgan fingerprint density at radius 3 is 2.82 bits per heavy atom. The molecule has 1 fully saturated rings. The molecule has 1 aliphatic heterocycles. The zero-order chi connectivity index (χ0) is 7.94. The topological polar surface area (TPSA) is 12.0 Å². The van der Waals surface area contributed by atoms with E-state index in [0.29, 0.717) is 0 Å². The molecule has 0 aromatic heterocycles. The lowest BCUT2D eigenvalue weighted by atomic mass is 10.0. The van der Waals surface area contributed by atoms with Gasteiger partial charge in [-0.25, -0.2) is 0 Å². The van der Waals surface area contributed by atoms with Crippen LogP contribution >= 0.6 is 0 Å². The van der Waals surface area contributed by atoms with Crippen molar-refractivity contribution in [2.24, 2.45) is 5.92 Å². The van der Waals surface area contributed by atoms with Crippen molar-refractivity contribution in [3.63, 3.8) is 0 Å². The maximum atomic E-state index is 3.41. The van der Waals surface area contributed by atoms with Crippen molar-refractivity contribution in [1.29, 1.82) is 0 Å². The van der Waals surface area contributed by atoms with E-state index < -0.39 is 0 Å². The molecule has 1 heteroatoms. The number of hydrogen-bond donors (Lipinski definition) is 1. The monoisotopic (exact) mass is 155 g/mol. The maximum absolute atomic E-state index is 3.41. The third-order valence-corrected chi connectivity index (χ3v) is 2.63. The maximum Gasteiger partial charge on any atom is -0.00200 e. The molecule has 0 aromatic carbocycles. The second-order valence-corrected chi connectivity index (χ2v) is 3.71. The highest BCUT2D eigenvalue weighted by Gasteiger charge is 2.12. The molecule has 1 nitrogen and oxygen atoms in total. The zero-order valence-corrected chi connectivity index (χ0v) is 7.73. The molecule has 1 atom stereocenters. The summed E-state index contributed by atoms with van der Waals surface area (Å²) in [6.45, 7) is 4.82. The van der Waals surface area contributed by atoms with Gasteiger partial charge in [-0.1, -0.05) is 32.6 Å². The van der Waals surface area contributed by atoms with Crippen LogP contribution in [0.4, 0.5) is 0 Å². The van der Waals surface area contributed by atoms with Gasteiger partial charge < -0.3 is 5.32 Å². The average molecular weight is 155 g/mol. The van der Waals surface area contributed by atoms with Crippen molar-refractivity contribution in [3.8, 4) is 0 Å². The first-order chi connectivity index (χ1) is 5.43. The van der Waals surface area contributed by atoms with E-state index in [2.05, 4.69) is 12.2 Å². The highest BCUT2D eigenvalue weighted by molar-refractivity contribution is 4.70. The Labute approximate surface area is 70.6 Å². The summed E-state index contributed by atoms with van der Waals surface area (Å²) in [6, 6.07) is 0. The molecular formula is C10H21N. The smallest absolute Gasteiger partial charge is 0.00200 e. The van der Waals surface area contributed by atoms with Gasteiger partial charge in [-0.15, -0.1) is 0 Å². The van der Waals surface area contributed by atoms with Crippen LogP contribution in [0.15, 0.2) is 0 Å². The fraction of sp³-hybridized carbons (Fsp3) is 1.00. The summed E-state index contributed by atoms with van der Waals surface area (Å²) in [5.74, 6) is 1.01. The van der Waals surface area contributed by atoms with E-state index in [1.807, 2.05) is 0 Å². The lowest BCUT2D eigenvalue weighted by Gasteiger charge is -2.06. The molecule has 0 aliphatic carbocycles. The highest BCUT2D eigenvalue weighted by atomic mass is 14.9. The largest absolute Gasteiger partial charge is 0.316 e. The first kappa shape index (κ1) is 9.05. The normalized spacial score (nSPS) is 24.3. The van der Waals surface area contributed by atoms with Gasteiger partial charge in [0.05, 0.1) is 0 Å². The second kappa shape index (κ2) is 5.59. The minimum absolute atomic E-state index is 1.01. The first-order valence-electron chi connectivity index (χ1n) is 5.14. The van der Waals surface area contributed by atoms with Crippen LogP contribution in [0.2, 0.25) is 0 Å². The van der Waals surface area contributed by atoms with Gasteiger partial charge >= 0.3 is 0 Å². The SMILES string of the molecule is CCCCCC[C@@H]1CCNC1. The van der Waals surface area contributed by atoms with E-state index >= 15 is 0 Å². The summed E-state index contributed by atoms with van der Waals surface area (Å²) in [6.07, 6.45) is 8.59. The molecule has 0 bridgehead atoms. The van der Waals surface area contributed by atoms with E-state index in [1.165, 1.54) is 51.6 Å². The first-order valence-corrected chi connectivity index (χ1v) is 5.14. The molecule has 0 unspecified atom stereocenters. The van der Waals surface area contributed by atoms with Crippen molar-refractivity contribution in [2.45, 2.75) is 45.4 Å². The van der Waals surface area contributed by atoms with Crippen LogP contribution in [0.25, 0.3) is 0 Å². The Kier molecular flexibility index (Phi) is 4.60. The van der Waals surface area contributed by atoms with E-state index in [9.17, 15) is 0 Å². The number of unbranched alkanes of at least 4 members (excludes halogenated alkanes) is 3. The molecule has 0 radical (unpaired) electrons. The van der Waals surface area contributed by atoms with Crippen LogP contribution in [0.3, 0.4) is 0 Å². The summed E-state index contributed by atoms with van der Waals surface area (Å²) in [5, 5.41) is 3.41. The number of hydrogen-bond acceptors (Lipinski definition) is 1. The molecule has 1 rings (SSSR count). The predicted molar refractivity (Wildman–Crippen MR) is 49.7 cm³/mol. The van der Waals surface area contributed by atoms with Crippen molar-refractivity contribution in [3.05, 3.63) is 0 Å². The molecule has 0 amide bonds. The number of nitrogens with one attached hydrogen (secondary N) is 1. The summed E-state index contributed by atoms with van der Waals surface area (Å²) < 4.78 is 0. The minimum Gasteiger partial charge on any atom is -0.316 e. The van der Waals surface area contributed by atoms with Gasteiger partial charge in [0.1, 0.15) is 0 Å². The van der Waals surface area contributed by atoms with Crippen LogP contribution in [0.5, 0.6) is 0 Å². The Bertz CT molecular complexity index is 84.9. The minimum atomic E-state index is 1.01. The number of rotatable bonds is 5. The summed E-state index contributed by atoms with van der Waals surface area (Å²) in [7, 11) is 0. The summed E-state index contributed by atoms with van der Waals surface area (Å²) in [5.41, 5.74) is 0. The predicted octanol–water partition coefficient (Wildman–Crippen LogP) is 2.57. The molecule has 0 spiro atoms. The lowest BCUT2D eigenvalue weighted by molar-refractivity contribution is 0.489. The second-order valence-electron chi connectivity index (χ2n) is 3.71. The van der Waals surface area contributed by atoms with Crippen LogP contribution in [0.1, 0.15) is 45.4 Å². The molecule has 1 aliphatic rings. The molecule has 0 aromatic rings. The average Bonchev–Trinajstić information content (AvgIpc) is 2.50. The standard InChI is InChI=1S/C10H21N/c1-2-3-4-5-6-10-7-8-11-9-10/h10-11H,2-9H2,1H3/t10-/m1/s1. The van der Waals surface area contributed by atoms with Crippen molar-refractivity contribution >= 4 is 0 Å². The molecule has 1 heterocycles. The quantitative estimate of drug-likeness (QED) is 0.602. The molecular weight excluding hydrogens is 134 g/mol. The Balaban J connectivity index is 1.86. The highest BCUT2D eigenvalue weighted by Crippen LogP contribution is 2.16. The Morgan fingerprint density at radius 2 is 2.18 bits per heavy atom. The molecule has 1 saturated heterocycles. The van der Waals surface area contributed by atoms with Gasteiger partial charge in [-0.05, 0) is 31.8 Å². The Hall–Kier alpha value is -0.0400. The summed E-state index contributed by atoms with van der Waals surface area (Å²) >= 11 is 0. The molecule has 0 saturated carbocycles. The van der Waals surface area contributed by atoms with Gasteiger partial charge in [0, 0.05) is 0 Å². The third kappa shape index (κ3) is 3.76. The van der Waals surface area contributed by atoms with E-state index in [1.54, 1.807) is 0 Å². The van der Waals surface area contributed by atoms with Crippen LogP contribution < -0.4 is 5.32 Å². The van der Waals surface area contributed by atoms with Gasteiger partial charge in [0.2, 0.25) is 0 Å².